The van der Waals surface area contributed by atoms with Crippen LogP contribution in [0.1, 0.15) is 18.4 Å². The molecule has 4 heteroatoms. The Kier molecular flexibility index (Phi) is 3.61. The third-order valence-corrected chi connectivity index (χ3v) is 2.85. The highest BCUT2D eigenvalue weighted by Gasteiger charge is 2.24. The summed E-state index contributed by atoms with van der Waals surface area (Å²) in [6, 6.07) is 6.08. The van der Waals surface area contributed by atoms with Crippen LogP contribution in [0.15, 0.2) is 22.7 Å². The molecule has 1 fully saturated rings. The van der Waals surface area contributed by atoms with Crippen LogP contribution in [0, 0.1) is 0 Å². The van der Waals surface area contributed by atoms with Gasteiger partial charge in [0.2, 0.25) is 0 Å². The minimum absolute atomic E-state index is 0.434. The van der Waals surface area contributed by atoms with Gasteiger partial charge in [-0.15, -0.1) is 0 Å². The van der Waals surface area contributed by atoms with Crippen molar-refractivity contribution in [2.75, 3.05) is 7.11 Å². The van der Waals surface area contributed by atoms with Crippen molar-refractivity contribution >= 4 is 15.9 Å². The Labute approximate surface area is 97.8 Å². The molecule has 0 heterocycles. The largest absolute Gasteiger partial charge is 0.489 e. The molecule has 0 aromatic heterocycles. The second-order valence-corrected chi connectivity index (χ2v) is 4.46. The van der Waals surface area contributed by atoms with Crippen LogP contribution in [0.4, 0.5) is 0 Å². The molecule has 3 nitrogen and oxygen atoms in total. The standard InChI is InChI=1S/C11H14BrNO2/c1-14-13-7-8-2-5-11(10(12)6-8)15-9-3-4-9/h2,5-6,9,13H,3-4,7H2,1H3. The van der Waals surface area contributed by atoms with Gasteiger partial charge < -0.3 is 9.57 Å². The van der Waals surface area contributed by atoms with Crippen LogP contribution < -0.4 is 10.2 Å². The van der Waals surface area contributed by atoms with E-state index in [9.17, 15) is 0 Å². The number of benzene rings is 1. The van der Waals surface area contributed by atoms with Gasteiger partial charge >= 0.3 is 0 Å². The Hall–Kier alpha value is -0.580. The minimum Gasteiger partial charge on any atom is -0.489 e. The number of hydrogen-bond acceptors (Lipinski definition) is 3. The SMILES string of the molecule is CONCc1ccc(OC2CC2)c(Br)c1. The van der Waals surface area contributed by atoms with E-state index in [0.29, 0.717) is 12.6 Å². The zero-order valence-electron chi connectivity index (χ0n) is 8.63. The predicted octanol–water partition coefficient (Wildman–Crippen LogP) is 2.64. The number of rotatable bonds is 5. The van der Waals surface area contributed by atoms with E-state index in [1.165, 1.54) is 12.8 Å². The molecule has 1 aliphatic carbocycles. The van der Waals surface area contributed by atoms with E-state index in [4.69, 9.17) is 9.57 Å². The van der Waals surface area contributed by atoms with Crippen molar-refractivity contribution in [3.05, 3.63) is 28.2 Å². The third kappa shape index (κ3) is 3.19. The van der Waals surface area contributed by atoms with Crippen molar-refractivity contribution in [2.45, 2.75) is 25.5 Å². The van der Waals surface area contributed by atoms with Crippen molar-refractivity contribution in [3.8, 4) is 5.75 Å². The highest BCUT2D eigenvalue weighted by molar-refractivity contribution is 9.10. The summed E-state index contributed by atoms with van der Waals surface area (Å²) in [5.41, 5.74) is 3.96. The first-order valence-corrected chi connectivity index (χ1v) is 5.80. The summed E-state index contributed by atoms with van der Waals surface area (Å²) in [4.78, 5) is 4.79. The molecule has 1 saturated carbocycles. The van der Waals surface area contributed by atoms with Crippen molar-refractivity contribution in [3.63, 3.8) is 0 Å². The number of halogens is 1. The van der Waals surface area contributed by atoms with Crippen molar-refractivity contribution < 1.29 is 9.57 Å². The topological polar surface area (TPSA) is 30.5 Å². The van der Waals surface area contributed by atoms with Gasteiger partial charge in [0.1, 0.15) is 5.75 Å². The van der Waals surface area contributed by atoms with Gasteiger partial charge in [0.25, 0.3) is 0 Å². The fourth-order valence-electron chi connectivity index (χ4n) is 1.27. The van der Waals surface area contributed by atoms with E-state index in [2.05, 4.69) is 21.4 Å². The van der Waals surface area contributed by atoms with Gasteiger partial charge in [-0.1, -0.05) is 6.07 Å². The number of nitrogens with one attached hydrogen (secondary N) is 1. The monoisotopic (exact) mass is 271 g/mol. The molecule has 1 N–H and O–H groups in total. The number of hydrogen-bond donors (Lipinski definition) is 1. The zero-order chi connectivity index (χ0) is 10.7. The van der Waals surface area contributed by atoms with Gasteiger partial charge in [-0.3, -0.25) is 0 Å². The lowest BCUT2D eigenvalue weighted by molar-refractivity contribution is 0.0867. The lowest BCUT2D eigenvalue weighted by atomic mass is 10.2. The molecule has 2 rings (SSSR count). The van der Waals surface area contributed by atoms with Crippen molar-refractivity contribution in [1.82, 2.24) is 5.48 Å². The predicted molar refractivity (Wildman–Crippen MR) is 61.6 cm³/mol. The zero-order valence-corrected chi connectivity index (χ0v) is 10.2. The maximum Gasteiger partial charge on any atom is 0.133 e. The van der Waals surface area contributed by atoms with Crippen molar-refractivity contribution in [2.24, 2.45) is 0 Å². The van der Waals surface area contributed by atoms with Gasteiger partial charge in [-0.25, -0.2) is 0 Å². The van der Waals surface area contributed by atoms with Crippen molar-refractivity contribution in [1.29, 1.82) is 0 Å². The Balaban J connectivity index is 2.00. The van der Waals surface area contributed by atoms with Gasteiger partial charge in [-0.05, 0) is 46.5 Å². The molecule has 0 spiro atoms. The summed E-state index contributed by atoms with van der Waals surface area (Å²) < 4.78 is 6.72. The highest BCUT2D eigenvalue weighted by Crippen LogP contribution is 2.32. The van der Waals surface area contributed by atoms with Gasteiger partial charge in [0, 0.05) is 6.54 Å². The quantitative estimate of drug-likeness (QED) is 0.836. The fraction of sp³-hybridized carbons (Fsp3) is 0.455. The Morgan fingerprint density at radius 2 is 2.27 bits per heavy atom. The summed E-state index contributed by atoms with van der Waals surface area (Å²) in [5, 5.41) is 0. The lowest BCUT2D eigenvalue weighted by Crippen LogP contribution is -2.10. The first-order valence-electron chi connectivity index (χ1n) is 5.00. The number of hydroxylamine groups is 1. The first-order chi connectivity index (χ1) is 7.29. The maximum atomic E-state index is 5.72. The molecule has 0 saturated heterocycles. The molecule has 0 unspecified atom stereocenters. The van der Waals surface area contributed by atoms with Crippen LogP contribution in [0.2, 0.25) is 0 Å². The average molecular weight is 272 g/mol. The third-order valence-electron chi connectivity index (χ3n) is 2.23. The van der Waals surface area contributed by atoms with Crippen LogP contribution in [-0.4, -0.2) is 13.2 Å². The molecule has 0 amide bonds. The number of ether oxygens (including phenoxy) is 1. The molecular weight excluding hydrogens is 258 g/mol. The molecule has 0 radical (unpaired) electrons. The molecular formula is C11H14BrNO2. The van der Waals surface area contributed by atoms with E-state index >= 15 is 0 Å². The molecule has 1 aromatic rings. The lowest BCUT2D eigenvalue weighted by Gasteiger charge is -2.08. The van der Waals surface area contributed by atoms with Gasteiger partial charge in [-0.2, -0.15) is 5.48 Å². The summed E-state index contributed by atoms with van der Waals surface area (Å²) in [6.07, 6.45) is 2.79. The second kappa shape index (κ2) is 4.96. The Bertz CT molecular complexity index is 339. The van der Waals surface area contributed by atoms with E-state index in [1.807, 2.05) is 18.2 Å². The average Bonchev–Trinajstić information content (AvgIpc) is 3.02. The summed E-state index contributed by atoms with van der Waals surface area (Å²) >= 11 is 3.50. The van der Waals surface area contributed by atoms with Crippen LogP contribution in [0.25, 0.3) is 0 Å². The molecule has 0 aliphatic heterocycles. The molecule has 1 aromatic carbocycles. The normalized spacial score (nSPS) is 15.3. The molecule has 0 atom stereocenters. The van der Waals surface area contributed by atoms with E-state index in [-0.39, 0.29) is 0 Å². The highest BCUT2D eigenvalue weighted by atomic mass is 79.9. The minimum atomic E-state index is 0.434. The molecule has 15 heavy (non-hydrogen) atoms. The summed E-state index contributed by atoms with van der Waals surface area (Å²) in [7, 11) is 1.61. The van der Waals surface area contributed by atoms with E-state index < -0.39 is 0 Å². The van der Waals surface area contributed by atoms with E-state index in [1.54, 1.807) is 7.11 Å². The van der Waals surface area contributed by atoms with Gasteiger partial charge in [0.15, 0.2) is 0 Å². The van der Waals surface area contributed by atoms with E-state index in [0.717, 1.165) is 15.8 Å². The summed E-state index contributed by atoms with van der Waals surface area (Å²) in [5.74, 6) is 0.929. The van der Waals surface area contributed by atoms with Crippen LogP contribution >= 0.6 is 15.9 Å². The van der Waals surface area contributed by atoms with Crippen LogP contribution in [0.3, 0.4) is 0 Å². The molecule has 82 valence electrons. The first kappa shape index (κ1) is 10.9. The Morgan fingerprint density at radius 3 is 2.87 bits per heavy atom. The fourth-order valence-corrected chi connectivity index (χ4v) is 1.79. The smallest absolute Gasteiger partial charge is 0.133 e. The summed E-state index contributed by atoms with van der Waals surface area (Å²) in [6.45, 7) is 0.693. The van der Waals surface area contributed by atoms with Crippen LogP contribution in [0.5, 0.6) is 5.75 Å². The van der Waals surface area contributed by atoms with Crippen LogP contribution in [-0.2, 0) is 11.4 Å². The molecule has 0 bridgehead atoms. The second-order valence-electron chi connectivity index (χ2n) is 3.61. The van der Waals surface area contributed by atoms with Gasteiger partial charge in [0.05, 0.1) is 17.7 Å². The maximum absolute atomic E-state index is 5.72. The molecule has 1 aliphatic rings. The Morgan fingerprint density at radius 1 is 1.47 bits per heavy atom.